The largest absolute Gasteiger partial charge is 0.473 e. The van der Waals surface area contributed by atoms with Crippen LogP contribution in [0.4, 0.5) is 11.4 Å². The normalized spacial score (nSPS) is 14.6. The fraction of sp³-hybridized carbons (Fsp3) is 0.172. The highest BCUT2D eigenvalue weighted by Gasteiger charge is 2.20. The molecular formula is C29H26N2O2S2. The minimum atomic E-state index is 0.543. The fourth-order valence-electron chi connectivity index (χ4n) is 4.76. The van der Waals surface area contributed by atoms with Crippen LogP contribution >= 0.6 is 25.3 Å². The van der Waals surface area contributed by atoms with Crippen molar-refractivity contribution in [1.82, 2.24) is 0 Å². The zero-order valence-corrected chi connectivity index (χ0v) is 21.0. The third-order valence-electron chi connectivity index (χ3n) is 6.52. The lowest BCUT2D eigenvalue weighted by Gasteiger charge is -2.31. The Morgan fingerprint density at radius 3 is 1.54 bits per heavy atom. The Hall–Kier alpha value is -3.22. The molecule has 6 heteroatoms. The summed E-state index contributed by atoms with van der Waals surface area (Å²) in [7, 11) is 0. The molecule has 0 amide bonds. The predicted octanol–water partition coefficient (Wildman–Crippen LogP) is 6.57. The van der Waals surface area contributed by atoms with Gasteiger partial charge in [0.2, 0.25) is 0 Å². The van der Waals surface area contributed by atoms with Gasteiger partial charge in [0.1, 0.15) is 11.5 Å². The average molecular weight is 499 g/mol. The van der Waals surface area contributed by atoms with Gasteiger partial charge in [-0.25, -0.2) is 0 Å². The first-order chi connectivity index (χ1) is 17.1. The van der Waals surface area contributed by atoms with E-state index in [1.807, 2.05) is 24.3 Å². The van der Waals surface area contributed by atoms with Gasteiger partial charge in [0, 0.05) is 45.4 Å². The quantitative estimate of drug-likeness (QED) is 0.311. The molecule has 2 heterocycles. The topological polar surface area (TPSA) is 24.9 Å². The minimum absolute atomic E-state index is 0.543. The second-order valence-electron chi connectivity index (χ2n) is 9.04. The van der Waals surface area contributed by atoms with Gasteiger partial charge in [0.15, 0.2) is 13.5 Å². The first kappa shape index (κ1) is 22.3. The van der Waals surface area contributed by atoms with Crippen molar-refractivity contribution in [1.29, 1.82) is 0 Å². The zero-order valence-electron chi connectivity index (χ0n) is 19.2. The van der Waals surface area contributed by atoms with Crippen LogP contribution in [-0.4, -0.2) is 13.5 Å². The lowest BCUT2D eigenvalue weighted by atomic mass is 9.99. The number of ether oxygens (including phenoxy) is 2. The average Bonchev–Trinajstić information content (AvgIpc) is 2.88. The summed E-state index contributed by atoms with van der Waals surface area (Å²) in [5.41, 5.74) is 7.20. The number of hydrogen-bond acceptors (Lipinski definition) is 6. The molecule has 4 aromatic carbocycles. The molecule has 0 aliphatic carbocycles. The van der Waals surface area contributed by atoms with Crippen LogP contribution in [-0.2, 0) is 19.5 Å². The molecule has 0 atom stereocenters. The van der Waals surface area contributed by atoms with Gasteiger partial charge in [-0.15, -0.1) is 25.3 Å². The third kappa shape index (κ3) is 4.81. The van der Waals surface area contributed by atoms with Crippen LogP contribution in [0.15, 0.2) is 94.7 Å². The van der Waals surface area contributed by atoms with Crippen molar-refractivity contribution >= 4 is 36.6 Å². The van der Waals surface area contributed by atoms with Crippen LogP contribution in [0.1, 0.15) is 22.3 Å². The van der Waals surface area contributed by atoms with Crippen LogP contribution in [0.3, 0.4) is 0 Å². The molecule has 6 rings (SSSR count). The monoisotopic (exact) mass is 498 g/mol. The summed E-state index contributed by atoms with van der Waals surface area (Å²) in [5.74, 6) is 1.93. The summed E-state index contributed by atoms with van der Waals surface area (Å²) in [6, 6.07) is 29.5. The molecular weight excluding hydrogens is 472 g/mol. The first-order valence-corrected chi connectivity index (χ1v) is 12.6. The van der Waals surface area contributed by atoms with Crippen LogP contribution in [0.5, 0.6) is 11.5 Å². The highest BCUT2D eigenvalue weighted by molar-refractivity contribution is 7.80. The Morgan fingerprint density at radius 2 is 1.09 bits per heavy atom. The van der Waals surface area contributed by atoms with Crippen LogP contribution < -0.4 is 19.3 Å². The van der Waals surface area contributed by atoms with Crippen molar-refractivity contribution < 1.29 is 9.47 Å². The number of rotatable bonds is 4. The van der Waals surface area contributed by atoms with E-state index in [1.54, 1.807) is 0 Å². The number of anilines is 2. The van der Waals surface area contributed by atoms with Crippen molar-refractivity contribution in [2.75, 3.05) is 23.3 Å². The van der Waals surface area contributed by atoms with Crippen molar-refractivity contribution in [3.63, 3.8) is 0 Å². The second kappa shape index (κ2) is 9.44. The number of benzene rings is 4. The summed E-state index contributed by atoms with van der Waals surface area (Å²) in [6.45, 7) is 2.72. The number of fused-ring (bicyclic) bond motifs is 2. The molecule has 0 radical (unpaired) electrons. The molecule has 4 aromatic rings. The van der Waals surface area contributed by atoms with Gasteiger partial charge in [-0.1, -0.05) is 24.3 Å². The molecule has 176 valence electrons. The van der Waals surface area contributed by atoms with E-state index in [4.69, 9.17) is 9.47 Å². The Kier molecular flexibility index (Phi) is 6.00. The van der Waals surface area contributed by atoms with Gasteiger partial charge in [-0.3, -0.25) is 0 Å². The molecule has 0 saturated carbocycles. The second-order valence-corrected chi connectivity index (χ2v) is 10.1. The third-order valence-corrected chi connectivity index (χ3v) is 7.08. The van der Waals surface area contributed by atoms with E-state index >= 15 is 0 Å². The standard InChI is InChI=1S/C29H26N2O2S2/c34-26-5-1-3-24(14-26)30-16-22-12-20(7-9-28(22)32-18-30)11-21-8-10-29-23(13-21)17-31(19-33-29)25-4-2-6-27(35)15-25/h1-10,12-15,34-35H,11,16-19H2. The summed E-state index contributed by atoms with van der Waals surface area (Å²) < 4.78 is 12.1. The molecule has 4 nitrogen and oxygen atoms in total. The Morgan fingerprint density at radius 1 is 0.600 bits per heavy atom. The SMILES string of the molecule is Sc1cccc(N2COc3ccc(Cc4ccc5c(c4)CN(c4cccc(S)c4)CO5)cc3C2)c1. The van der Waals surface area contributed by atoms with Crippen molar-refractivity contribution in [3.05, 3.63) is 107 Å². The maximum Gasteiger partial charge on any atom is 0.161 e. The Labute approximate surface area is 216 Å². The summed E-state index contributed by atoms with van der Waals surface area (Å²) in [5, 5.41) is 0. The molecule has 2 aliphatic heterocycles. The molecule has 35 heavy (non-hydrogen) atoms. The molecule has 0 fully saturated rings. The smallest absolute Gasteiger partial charge is 0.161 e. The molecule has 0 bridgehead atoms. The Balaban J connectivity index is 1.20. The molecule has 0 saturated heterocycles. The fourth-order valence-corrected chi connectivity index (χ4v) is 5.20. The van der Waals surface area contributed by atoms with Gasteiger partial charge < -0.3 is 19.3 Å². The number of thiol groups is 2. The van der Waals surface area contributed by atoms with Crippen molar-refractivity contribution in [2.24, 2.45) is 0 Å². The van der Waals surface area contributed by atoms with E-state index in [9.17, 15) is 0 Å². The van der Waals surface area contributed by atoms with Crippen molar-refractivity contribution in [2.45, 2.75) is 29.3 Å². The van der Waals surface area contributed by atoms with Gasteiger partial charge in [0.05, 0.1) is 0 Å². The van der Waals surface area contributed by atoms with Crippen LogP contribution in [0.2, 0.25) is 0 Å². The molecule has 0 spiro atoms. The van der Waals surface area contributed by atoms with Gasteiger partial charge in [-0.05, 0) is 78.2 Å². The molecule has 2 aliphatic rings. The van der Waals surface area contributed by atoms with E-state index in [0.29, 0.717) is 13.5 Å². The Bertz CT molecular complexity index is 1290. The highest BCUT2D eigenvalue weighted by atomic mass is 32.1. The zero-order chi connectivity index (χ0) is 23.8. The summed E-state index contributed by atoms with van der Waals surface area (Å²) in [4.78, 5) is 6.37. The van der Waals surface area contributed by atoms with Gasteiger partial charge in [0.25, 0.3) is 0 Å². The maximum atomic E-state index is 6.05. The number of nitrogens with zero attached hydrogens (tertiary/aromatic N) is 2. The minimum Gasteiger partial charge on any atom is -0.473 e. The van der Waals surface area contributed by atoms with E-state index in [2.05, 4.69) is 95.7 Å². The lowest BCUT2D eigenvalue weighted by Crippen LogP contribution is -2.32. The summed E-state index contributed by atoms with van der Waals surface area (Å²) >= 11 is 8.97. The van der Waals surface area contributed by atoms with E-state index in [-0.39, 0.29) is 0 Å². The van der Waals surface area contributed by atoms with Gasteiger partial charge in [-0.2, -0.15) is 0 Å². The van der Waals surface area contributed by atoms with E-state index in [1.165, 1.54) is 22.3 Å². The highest BCUT2D eigenvalue weighted by Crippen LogP contribution is 2.33. The van der Waals surface area contributed by atoms with Crippen LogP contribution in [0.25, 0.3) is 0 Å². The van der Waals surface area contributed by atoms with E-state index < -0.39 is 0 Å². The molecule has 0 N–H and O–H groups in total. The van der Waals surface area contributed by atoms with Crippen molar-refractivity contribution in [3.8, 4) is 11.5 Å². The number of hydrogen-bond donors (Lipinski definition) is 2. The lowest BCUT2D eigenvalue weighted by molar-refractivity contribution is 0.289. The van der Waals surface area contributed by atoms with Gasteiger partial charge >= 0.3 is 0 Å². The summed E-state index contributed by atoms with van der Waals surface area (Å²) in [6.07, 6.45) is 0.860. The first-order valence-electron chi connectivity index (χ1n) is 11.7. The molecule has 0 aromatic heterocycles. The maximum absolute atomic E-state index is 6.05. The van der Waals surface area contributed by atoms with Crippen LogP contribution in [0, 0.1) is 0 Å². The molecule has 0 unspecified atom stereocenters. The van der Waals surface area contributed by atoms with E-state index in [0.717, 1.165) is 52.2 Å². The predicted molar refractivity (Wildman–Crippen MR) is 146 cm³/mol.